The standard InChI is InChI=1S/C12H15N3OS2/c1-2-4-9-7-10(15-14-9)13-11(16)8-18-12-5-3-6-17-12/h3,5-7H,2,4,8H2,1H3,(H2,13,14,15,16). The maximum atomic E-state index is 11.7. The van der Waals surface area contributed by atoms with Crippen LogP contribution in [-0.2, 0) is 11.2 Å². The Kier molecular flexibility index (Phi) is 4.83. The van der Waals surface area contributed by atoms with Crippen molar-refractivity contribution >= 4 is 34.8 Å². The van der Waals surface area contributed by atoms with E-state index in [4.69, 9.17) is 0 Å². The number of hydrogen-bond donors (Lipinski definition) is 2. The van der Waals surface area contributed by atoms with Crippen LogP contribution in [0.4, 0.5) is 5.82 Å². The van der Waals surface area contributed by atoms with E-state index >= 15 is 0 Å². The summed E-state index contributed by atoms with van der Waals surface area (Å²) in [5.74, 6) is 0.995. The minimum absolute atomic E-state index is 0.0250. The Morgan fingerprint density at radius 2 is 2.50 bits per heavy atom. The molecule has 4 nitrogen and oxygen atoms in total. The molecule has 0 spiro atoms. The summed E-state index contributed by atoms with van der Waals surface area (Å²) in [4.78, 5) is 11.7. The summed E-state index contributed by atoms with van der Waals surface area (Å²) >= 11 is 3.18. The minimum atomic E-state index is -0.0250. The zero-order valence-corrected chi connectivity index (χ0v) is 11.7. The van der Waals surface area contributed by atoms with E-state index in [0.717, 1.165) is 22.7 Å². The van der Waals surface area contributed by atoms with Gasteiger partial charge in [-0.15, -0.1) is 23.1 Å². The maximum Gasteiger partial charge on any atom is 0.235 e. The van der Waals surface area contributed by atoms with Crippen LogP contribution in [0.15, 0.2) is 27.8 Å². The number of carbonyl (C=O) groups excluding carboxylic acids is 1. The topological polar surface area (TPSA) is 57.8 Å². The van der Waals surface area contributed by atoms with Gasteiger partial charge in [0.1, 0.15) is 0 Å². The molecule has 2 aromatic rings. The molecule has 2 heterocycles. The predicted octanol–water partition coefficient (Wildman–Crippen LogP) is 3.15. The molecule has 0 aliphatic heterocycles. The lowest BCUT2D eigenvalue weighted by molar-refractivity contribution is -0.113. The zero-order chi connectivity index (χ0) is 12.8. The molecular formula is C12H15N3OS2. The quantitative estimate of drug-likeness (QED) is 0.800. The molecule has 0 aromatic carbocycles. The Morgan fingerprint density at radius 1 is 1.61 bits per heavy atom. The highest BCUT2D eigenvalue weighted by Gasteiger charge is 2.06. The number of H-pyrrole nitrogens is 1. The van der Waals surface area contributed by atoms with Crippen molar-refractivity contribution in [2.75, 3.05) is 11.1 Å². The third-order valence-corrected chi connectivity index (χ3v) is 4.39. The molecule has 0 saturated heterocycles. The zero-order valence-electron chi connectivity index (χ0n) is 10.1. The first-order valence-corrected chi connectivity index (χ1v) is 7.65. The van der Waals surface area contributed by atoms with Crippen molar-refractivity contribution in [3.05, 3.63) is 29.3 Å². The Balaban J connectivity index is 1.79. The smallest absolute Gasteiger partial charge is 0.235 e. The van der Waals surface area contributed by atoms with Crippen molar-refractivity contribution in [3.63, 3.8) is 0 Å². The van der Waals surface area contributed by atoms with Gasteiger partial charge in [0.15, 0.2) is 5.82 Å². The van der Waals surface area contributed by atoms with Gasteiger partial charge in [-0.05, 0) is 17.9 Å². The highest BCUT2D eigenvalue weighted by atomic mass is 32.2. The second-order valence-corrected chi connectivity index (χ2v) is 6.02. The van der Waals surface area contributed by atoms with Crippen molar-refractivity contribution < 1.29 is 4.79 Å². The number of thioether (sulfide) groups is 1. The van der Waals surface area contributed by atoms with Gasteiger partial charge < -0.3 is 5.32 Å². The number of rotatable bonds is 6. The lowest BCUT2D eigenvalue weighted by Gasteiger charge is -1.99. The number of thiophene rings is 1. The third kappa shape index (κ3) is 3.89. The van der Waals surface area contributed by atoms with Crippen LogP contribution in [-0.4, -0.2) is 21.9 Å². The fourth-order valence-electron chi connectivity index (χ4n) is 1.48. The SMILES string of the molecule is CCCc1cc(NC(=O)CSc2cccs2)n[nH]1. The average Bonchev–Trinajstić information content (AvgIpc) is 2.99. The normalized spacial score (nSPS) is 10.5. The largest absolute Gasteiger partial charge is 0.308 e. The fourth-order valence-corrected chi connectivity index (χ4v) is 3.07. The lowest BCUT2D eigenvalue weighted by Crippen LogP contribution is -2.14. The second-order valence-electron chi connectivity index (χ2n) is 3.80. The number of anilines is 1. The van der Waals surface area contributed by atoms with Crippen LogP contribution in [0.3, 0.4) is 0 Å². The van der Waals surface area contributed by atoms with Crippen molar-refractivity contribution in [3.8, 4) is 0 Å². The van der Waals surface area contributed by atoms with Gasteiger partial charge in [0, 0.05) is 11.8 Å². The maximum absolute atomic E-state index is 11.7. The average molecular weight is 281 g/mol. The molecule has 0 radical (unpaired) electrons. The molecule has 0 aliphatic rings. The molecule has 0 bridgehead atoms. The van der Waals surface area contributed by atoms with Gasteiger partial charge in [-0.2, -0.15) is 5.10 Å². The van der Waals surface area contributed by atoms with Gasteiger partial charge in [-0.1, -0.05) is 19.4 Å². The summed E-state index contributed by atoms with van der Waals surface area (Å²) in [7, 11) is 0. The second kappa shape index (κ2) is 6.61. The molecule has 0 fully saturated rings. The van der Waals surface area contributed by atoms with Gasteiger partial charge >= 0.3 is 0 Å². The van der Waals surface area contributed by atoms with Crippen LogP contribution in [0.5, 0.6) is 0 Å². The Labute approximate surface area is 114 Å². The molecule has 2 rings (SSSR count). The van der Waals surface area contributed by atoms with Crippen molar-refractivity contribution in [2.24, 2.45) is 0 Å². The molecule has 0 aliphatic carbocycles. The highest BCUT2D eigenvalue weighted by molar-refractivity contribution is 8.01. The molecule has 0 unspecified atom stereocenters. The van der Waals surface area contributed by atoms with E-state index in [0.29, 0.717) is 11.6 Å². The number of carbonyl (C=O) groups is 1. The van der Waals surface area contributed by atoms with E-state index < -0.39 is 0 Å². The van der Waals surface area contributed by atoms with Crippen LogP contribution in [0.2, 0.25) is 0 Å². The van der Waals surface area contributed by atoms with Crippen molar-refractivity contribution in [1.29, 1.82) is 0 Å². The van der Waals surface area contributed by atoms with Gasteiger partial charge in [0.2, 0.25) is 5.91 Å². The molecule has 1 amide bonds. The summed E-state index contributed by atoms with van der Waals surface area (Å²) in [6.45, 7) is 2.11. The molecule has 0 saturated carbocycles. The van der Waals surface area contributed by atoms with Gasteiger partial charge in [-0.25, -0.2) is 0 Å². The number of hydrogen-bond acceptors (Lipinski definition) is 4. The van der Waals surface area contributed by atoms with Gasteiger partial charge in [-0.3, -0.25) is 9.89 Å². The van der Waals surface area contributed by atoms with E-state index in [1.165, 1.54) is 11.8 Å². The number of aryl methyl sites for hydroxylation is 1. The Morgan fingerprint density at radius 3 is 3.22 bits per heavy atom. The number of nitrogens with one attached hydrogen (secondary N) is 2. The van der Waals surface area contributed by atoms with Crippen LogP contribution in [0.25, 0.3) is 0 Å². The summed E-state index contributed by atoms with van der Waals surface area (Å²) in [6, 6.07) is 5.88. The Hall–Kier alpha value is -1.27. The van der Waals surface area contributed by atoms with E-state index in [-0.39, 0.29) is 5.91 Å². The Bertz CT molecular complexity index is 493. The molecule has 6 heteroatoms. The van der Waals surface area contributed by atoms with Crippen LogP contribution >= 0.6 is 23.1 Å². The van der Waals surface area contributed by atoms with Crippen molar-refractivity contribution in [1.82, 2.24) is 10.2 Å². The number of amides is 1. The molecule has 0 atom stereocenters. The summed E-state index contributed by atoms with van der Waals surface area (Å²) in [6.07, 6.45) is 2.01. The summed E-state index contributed by atoms with van der Waals surface area (Å²) in [5, 5.41) is 11.8. The fraction of sp³-hybridized carbons (Fsp3) is 0.333. The molecule has 18 heavy (non-hydrogen) atoms. The van der Waals surface area contributed by atoms with E-state index in [1.54, 1.807) is 11.3 Å². The monoisotopic (exact) mass is 281 g/mol. The highest BCUT2D eigenvalue weighted by Crippen LogP contribution is 2.23. The van der Waals surface area contributed by atoms with E-state index in [9.17, 15) is 4.79 Å². The molecule has 2 N–H and O–H groups in total. The van der Waals surface area contributed by atoms with E-state index in [1.807, 2.05) is 23.6 Å². The van der Waals surface area contributed by atoms with Crippen LogP contribution in [0, 0.1) is 0 Å². The summed E-state index contributed by atoms with van der Waals surface area (Å²) in [5.41, 5.74) is 1.05. The lowest BCUT2D eigenvalue weighted by atomic mass is 10.2. The minimum Gasteiger partial charge on any atom is -0.308 e. The number of nitrogens with zero attached hydrogens (tertiary/aromatic N) is 1. The van der Waals surface area contributed by atoms with Crippen LogP contribution in [0.1, 0.15) is 19.0 Å². The third-order valence-electron chi connectivity index (χ3n) is 2.26. The summed E-state index contributed by atoms with van der Waals surface area (Å²) < 4.78 is 1.15. The van der Waals surface area contributed by atoms with Crippen LogP contribution < -0.4 is 5.32 Å². The first kappa shape index (κ1) is 13.2. The first-order chi connectivity index (χ1) is 8.78. The molecular weight excluding hydrogens is 266 g/mol. The molecule has 2 aromatic heterocycles. The van der Waals surface area contributed by atoms with Gasteiger partial charge in [0.25, 0.3) is 0 Å². The predicted molar refractivity (Wildman–Crippen MR) is 76.3 cm³/mol. The molecule has 96 valence electrons. The van der Waals surface area contributed by atoms with Crippen molar-refractivity contribution in [2.45, 2.75) is 24.0 Å². The number of aromatic nitrogens is 2. The van der Waals surface area contributed by atoms with Gasteiger partial charge in [0.05, 0.1) is 9.96 Å². The van der Waals surface area contributed by atoms with E-state index in [2.05, 4.69) is 22.4 Å². The first-order valence-electron chi connectivity index (χ1n) is 5.78. The number of aromatic amines is 1.